The Labute approximate surface area is 202 Å². The molecule has 0 spiro atoms. The number of hydrogen-bond acceptors (Lipinski definition) is 6. The van der Waals surface area contributed by atoms with Gasteiger partial charge < -0.3 is 14.8 Å². The van der Waals surface area contributed by atoms with E-state index >= 15 is 0 Å². The molecule has 1 aromatic heterocycles. The van der Waals surface area contributed by atoms with Gasteiger partial charge in [0.1, 0.15) is 19.0 Å². The lowest BCUT2D eigenvalue weighted by Gasteiger charge is -2.19. The van der Waals surface area contributed by atoms with Crippen molar-refractivity contribution in [3.8, 4) is 17.2 Å². The number of carbonyl (C=O) groups is 1. The van der Waals surface area contributed by atoms with Crippen molar-refractivity contribution in [1.82, 2.24) is 14.8 Å². The molecule has 1 N–H and O–H groups in total. The fourth-order valence-electron chi connectivity index (χ4n) is 3.76. The lowest BCUT2D eigenvalue weighted by Crippen LogP contribution is -2.17. The van der Waals surface area contributed by atoms with Gasteiger partial charge in [0.15, 0.2) is 16.7 Å². The van der Waals surface area contributed by atoms with Crippen LogP contribution in [0.1, 0.15) is 17.0 Å². The van der Waals surface area contributed by atoms with Crippen molar-refractivity contribution in [3.05, 3.63) is 89.7 Å². The number of ether oxygens (including phenoxy) is 2. The third kappa shape index (κ3) is 5.07. The average molecular weight is 473 g/mol. The van der Waals surface area contributed by atoms with Gasteiger partial charge in [-0.25, -0.2) is 0 Å². The molecule has 8 heteroatoms. The summed E-state index contributed by atoms with van der Waals surface area (Å²) < 4.78 is 13.2. The molecule has 0 saturated heterocycles. The van der Waals surface area contributed by atoms with Crippen LogP contribution in [0.2, 0.25) is 0 Å². The van der Waals surface area contributed by atoms with Crippen LogP contribution in [0, 0.1) is 6.92 Å². The van der Waals surface area contributed by atoms with Gasteiger partial charge >= 0.3 is 0 Å². The zero-order valence-electron chi connectivity index (χ0n) is 18.7. The number of anilines is 1. The maximum absolute atomic E-state index is 12.7. The van der Waals surface area contributed by atoms with Gasteiger partial charge in [0, 0.05) is 23.9 Å². The topological polar surface area (TPSA) is 78.3 Å². The first-order valence-electron chi connectivity index (χ1n) is 11.0. The molecule has 7 nitrogen and oxygen atoms in total. The number of aryl methyl sites for hydroxylation is 1. The number of nitrogens with zero attached hydrogens (tertiary/aromatic N) is 3. The molecular formula is C26H24N4O3S. The quantitative estimate of drug-likeness (QED) is 0.394. The number of hydrogen-bond donors (Lipinski definition) is 1. The van der Waals surface area contributed by atoms with Crippen molar-refractivity contribution in [1.29, 1.82) is 0 Å². The number of carbonyl (C=O) groups excluding carboxylic acids is 1. The summed E-state index contributed by atoms with van der Waals surface area (Å²) in [6, 6.07) is 23.8. The van der Waals surface area contributed by atoms with Crippen LogP contribution in [0.15, 0.2) is 78.0 Å². The molecule has 1 aliphatic heterocycles. The molecule has 4 aromatic rings. The highest BCUT2D eigenvalue weighted by Crippen LogP contribution is 2.32. The summed E-state index contributed by atoms with van der Waals surface area (Å²) in [5.74, 6) is 2.22. The summed E-state index contributed by atoms with van der Waals surface area (Å²) in [7, 11) is 0. The van der Waals surface area contributed by atoms with Crippen LogP contribution in [0.25, 0.3) is 5.69 Å². The van der Waals surface area contributed by atoms with E-state index in [0.717, 1.165) is 22.6 Å². The summed E-state index contributed by atoms with van der Waals surface area (Å²) in [6.07, 6.45) is 0.645. The first-order chi connectivity index (χ1) is 16.7. The number of rotatable bonds is 7. The van der Waals surface area contributed by atoms with E-state index < -0.39 is 0 Å². The van der Waals surface area contributed by atoms with Gasteiger partial charge in [0.25, 0.3) is 0 Å². The van der Waals surface area contributed by atoms with Crippen LogP contribution in [0.4, 0.5) is 5.69 Å². The number of aromatic nitrogens is 3. The molecule has 0 bridgehead atoms. The van der Waals surface area contributed by atoms with E-state index in [2.05, 4.69) is 46.7 Å². The minimum Gasteiger partial charge on any atom is -0.486 e. The predicted octanol–water partition coefficient (Wildman–Crippen LogP) is 4.67. The highest BCUT2D eigenvalue weighted by molar-refractivity contribution is 7.99. The Morgan fingerprint density at radius 2 is 1.79 bits per heavy atom. The summed E-state index contributed by atoms with van der Waals surface area (Å²) in [4.78, 5) is 12.7. The third-order valence-electron chi connectivity index (χ3n) is 5.32. The smallest absolute Gasteiger partial charge is 0.234 e. The number of amides is 1. The second kappa shape index (κ2) is 10.0. The van der Waals surface area contributed by atoms with Crippen LogP contribution < -0.4 is 14.8 Å². The normalized spacial score (nSPS) is 12.4. The lowest BCUT2D eigenvalue weighted by atomic mass is 10.1. The second-order valence-electron chi connectivity index (χ2n) is 7.93. The third-order valence-corrected chi connectivity index (χ3v) is 6.25. The minimum absolute atomic E-state index is 0.134. The van der Waals surface area contributed by atoms with E-state index in [1.807, 2.05) is 47.0 Å². The van der Waals surface area contributed by atoms with Crippen LogP contribution in [-0.4, -0.2) is 39.6 Å². The summed E-state index contributed by atoms with van der Waals surface area (Å²) in [5.41, 5.74) is 3.94. The zero-order chi connectivity index (χ0) is 23.3. The number of thioether (sulfide) groups is 1. The van der Waals surface area contributed by atoms with E-state index in [4.69, 9.17) is 9.47 Å². The molecule has 0 saturated carbocycles. The van der Waals surface area contributed by atoms with E-state index in [0.29, 0.717) is 42.0 Å². The molecule has 1 amide bonds. The molecule has 1 aliphatic rings. The van der Waals surface area contributed by atoms with Crippen molar-refractivity contribution >= 4 is 23.4 Å². The van der Waals surface area contributed by atoms with Gasteiger partial charge in [0.05, 0.1) is 5.75 Å². The van der Waals surface area contributed by atoms with Gasteiger partial charge in [0.2, 0.25) is 5.91 Å². The van der Waals surface area contributed by atoms with Crippen LogP contribution in [0.3, 0.4) is 0 Å². The molecule has 0 radical (unpaired) electrons. The van der Waals surface area contributed by atoms with E-state index in [9.17, 15) is 4.79 Å². The van der Waals surface area contributed by atoms with Crippen molar-refractivity contribution in [3.63, 3.8) is 0 Å². The van der Waals surface area contributed by atoms with E-state index in [-0.39, 0.29) is 11.7 Å². The fraction of sp³-hybridized carbons (Fsp3) is 0.192. The van der Waals surface area contributed by atoms with Crippen LogP contribution in [-0.2, 0) is 11.2 Å². The first kappa shape index (κ1) is 22.0. The molecule has 0 fully saturated rings. The van der Waals surface area contributed by atoms with Gasteiger partial charge in [-0.1, -0.05) is 54.2 Å². The van der Waals surface area contributed by atoms with Gasteiger partial charge in [-0.15, -0.1) is 10.2 Å². The van der Waals surface area contributed by atoms with E-state index in [1.165, 1.54) is 11.8 Å². The maximum Gasteiger partial charge on any atom is 0.234 e. The monoisotopic (exact) mass is 472 g/mol. The Morgan fingerprint density at radius 1 is 0.971 bits per heavy atom. The lowest BCUT2D eigenvalue weighted by molar-refractivity contribution is -0.113. The largest absolute Gasteiger partial charge is 0.486 e. The Bertz CT molecular complexity index is 1310. The summed E-state index contributed by atoms with van der Waals surface area (Å²) in [6.45, 7) is 3.09. The fourth-order valence-corrected chi connectivity index (χ4v) is 4.53. The van der Waals surface area contributed by atoms with Crippen molar-refractivity contribution in [2.75, 3.05) is 24.3 Å². The molecule has 0 aliphatic carbocycles. The molecule has 0 atom stereocenters. The number of benzene rings is 3. The SMILES string of the molecule is Cc1cccc(-n2c(Cc3ccccc3)nnc2SCC(=O)Nc2ccc3c(c2)OCCO3)c1. The molecule has 34 heavy (non-hydrogen) atoms. The molecule has 2 heterocycles. The van der Waals surface area contributed by atoms with Gasteiger partial charge in [-0.3, -0.25) is 9.36 Å². The Morgan fingerprint density at radius 3 is 2.62 bits per heavy atom. The Kier molecular flexibility index (Phi) is 6.49. The van der Waals surface area contributed by atoms with Crippen molar-refractivity contribution in [2.45, 2.75) is 18.5 Å². The summed E-state index contributed by atoms with van der Waals surface area (Å²) in [5, 5.41) is 12.5. The zero-order valence-corrected chi connectivity index (χ0v) is 19.5. The Hall–Kier alpha value is -3.78. The standard InChI is InChI=1S/C26H24N4O3S/c1-18-6-5-9-21(14-18)30-24(15-19-7-3-2-4-8-19)28-29-26(30)34-17-25(31)27-20-10-11-22-23(16-20)33-13-12-32-22/h2-11,14,16H,12-13,15,17H2,1H3,(H,27,31). The summed E-state index contributed by atoms with van der Waals surface area (Å²) >= 11 is 1.36. The minimum atomic E-state index is -0.134. The molecule has 172 valence electrons. The van der Waals surface area contributed by atoms with E-state index in [1.54, 1.807) is 6.07 Å². The molecule has 3 aromatic carbocycles. The van der Waals surface area contributed by atoms with Crippen LogP contribution >= 0.6 is 11.8 Å². The van der Waals surface area contributed by atoms with Crippen molar-refractivity contribution < 1.29 is 14.3 Å². The van der Waals surface area contributed by atoms with Gasteiger partial charge in [-0.05, 0) is 42.3 Å². The Balaban J connectivity index is 1.33. The molecule has 5 rings (SSSR count). The average Bonchev–Trinajstić information content (AvgIpc) is 3.25. The van der Waals surface area contributed by atoms with Crippen LogP contribution in [0.5, 0.6) is 11.5 Å². The highest BCUT2D eigenvalue weighted by Gasteiger charge is 2.17. The first-order valence-corrected chi connectivity index (χ1v) is 12.0. The van der Waals surface area contributed by atoms with Gasteiger partial charge in [-0.2, -0.15) is 0 Å². The second-order valence-corrected chi connectivity index (χ2v) is 8.87. The maximum atomic E-state index is 12.7. The predicted molar refractivity (Wildman–Crippen MR) is 132 cm³/mol. The molecular weight excluding hydrogens is 448 g/mol. The number of nitrogens with one attached hydrogen (secondary N) is 1. The van der Waals surface area contributed by atoms with Crippen molar-refractivity contribution in [2.24, 2.45) is 0 Å². The molecule has 0 unspecified atom stereocenters. The highest BCUT2D eigenvalue weighted by atomic mass is 32.2. The number of fused-ring (bicyclic) bond motifs is 1.